The molecule has 0 aliphatic carbocycles. The molecule has 0 aliphatic rings. The highest BCUT2D eigenvalue weighted by molar-refractivity contribution is 9.11. The van der Waals surface area contributed by atoms with E-state index in [0.29, 0.717) is 5.69 Å². The summed E-state index contributed by atoms with van der Waals surface area (Å²) in [4.78, 5) is 4.33. The molecule has 2 rings (SSSR count). The van der Waals surface area contributed by atoms with E-state index in [-0.39, 0.29) is 6.04 Å². The Bertz CT molecular complexity index is 599. The van der Waals surface area contributed by atoms with Crippen LogP contribution in [0.5, 0.6) is 0 Å². The maximum Gasteiger partial charge on any atom is 0.141 e. The molecule has 1 atom stereocenters. The predicted molar refractivity (Wildman–Crippen MR) is 87.3 cm³/mol. The van der Waals surface area contributed by atoms with Crippen molar-refractivity contribution in [1.29, 1.82) is 0 Å². The molecule has 0 radical (unpaired) electrons. The zero-order valence-corrected chi connectivity index (χ0v) is 13.9. The van der Waals surface area contributed by atoms with E-state index in [1.807, 2.05) is 19.1 Å². The minimum atomic E-state index is 0.157. The maximum atomic E-state index is 5.82. The summed E-state index contributed by atoms with van der Waals surface area (Å²) in [5, 5.41) is 3.39. The molecule has 0 bridgehead atoms. The molecule has 2 aromatic rings. The van der Waals surface area contributed by atoms with Gasteiger partial charge in [0.15, 0.2) is 0 Å². The number of nitrogen functional groups attached to an aromatic ring is 1. The van der Waals surface area contributed by atoms with Crippen molar-refractivity contribution < 1.29 is 0 Å². The molecular formula is C14H15Br2N3. The van der Waals surface area contributed by atoms with Gasteiger partial charge in [-0.2, -0.15) is 0 Å². The first-order valence-electron chi connectivity index (χ1n) is 5.91. The Labute approximate surface area is 129 Å². The molecular weight excluding hydrogens is 370 g/mol. The summed E-state index contributed by atoms with van der Waals surface area (Å²) in [7, 11) is 0. The lowest BCUT2D eigenvalue weighted by molar-refractivity contribution is 0.871. The van der Waals surface area contributed by atoms with Gasteiger partial charge in [-0.25, -0.2) is 4.98 Å². The van der Waals surface area contributed by atoms with Gasteiger partial charge >= 0.3 is 0 Å². The molecule has 100 valence electrons. The Morgan fingerprint density at radius 1 is 1.32 bits per heavy atom. The first kappa shape index (κ1) is 14.3. The maximum absolute atomic E-state index is 5.82. The standard InChI is InChI=1S/C14H15Br2N3/c1-8-12(17)7-18-14(13(8)16)19-9(2)10-4-3-5-11(15)6-10/h3-7,9H,17H2,1-2H3,(H,18,19). The van der Waals surface area contributed by atoms with Crippen LogP contribution in [0.3, 0.4) is 0 Å². The van der Waals surface area contributed by atoms with E-state index in [9.17, 15) is 0 Å². The second-order valence-corrected chi connectivity index (χ2v) is 6.13. The smallest absolute Gasteiger partial charge is 0.141 e. The third kappa shape index (κ3) is 3.28. The van der Waals surface area contributed by atoms with Crippen molar-refractivity contribution in [3.05, 3.63) is 50.5 Å². The number of hydrogen-bond donors (Lipinski definition) is 2. The van der Waals surface area contributed by atoms with Crippen molar-refractivity contribution in [3.8, 4) is 0 Å². The van der Waals surface area contributed by atoms with E-state index in [0.717, 1.165) is 20.3 Å². The first-order valence-corrected chi connectivity index (χ1v) is 7.50. The summed E-state index contributed by atoms with van der Waals surface area (Å²) in [5.74, 6) is 0.805. The lowest BCUT2D eigenvalue weighted by Crippen LogP contribution is -2.09. The van der Waals surface area contributed by atoms with Crippen LogP contribution < -0.4 is 11.1 Å². The van der Waals surface area contributed by atoms with E-state index < -0.39 is 0 Å². The quantitative estimate of drug-likeness (QED) is 0.808. The van der Waals surface area contributed by atoms with Crippen molar-refractivity contribution >= 4 is 43.4 Å². The first-order chi connectivity index (χ1) is 8.99. The molecule has 0 saturated heterocycles. The van der Waals surface area contributed by atoms with Gasteiger partial charge in [0.25, 0.3) is 0 Å². The molecule has 0 amide bonds. The summed E-state index contributed by atoms with van der Waals surface area (Å²) in [5.41, 5.74) is 8.70. The number of halogens is 2. The number of benzene rings is 1. The number of nitrogens with zero attached hydrogens (tertiary/aromatic N) is 1. The number of nitrogens with two attached hydrogens (primary N) is 1. The molecule has 1 aromatic heterocycles. The topological polar surface area (TPSA) is 50.9 Å². The van der Waals surface area contributed by atoms with Crippen LogP contribution >= 0.6 is 31.9 Å². The molecule has 3 nitrogen and oxygen atoms in total. The fraction of sp³-hybridized carbons (Fsp3) is 0.214. The summed E-state index contributed by atoms with van der Waals surface area (Å²) in [6.07, 6.45) is 1.68. The lowest BCUT2D eigenvalue weighted by atomic mass is 10.1. The van der Waals surface area contributed by atoms with Crippen LogP contribution in [-0.4, -0.2) is 4.98 Å². The molecule has 0 aliphatic heterocycles. The van der Waals surface area contributed by atoms with Crippen molar-refractivity contribution in [2.45, 2.75) is 19.9 Å². The third-order valence-corrected chi connectivity index (χ3v) is 4.47. The summed E-state index contributed by atoms with van der Waals surface area (Å²) in [6, 6.07) is 8.37. The van der Waals surface area contributed by atoms with Crippen molar-refractivity contribution in [1.82, 2.24) is 4.98 Å². The van der Waals surface area contributed by atoms with E-state index in [1.54, 1.807) is 6.20 Å². The second kappa shape index (κ2) is 5.92. The molecule has 0 saturated carbocycles. The van der Waals surface area contributed by atoms with Crippen LogP contribution in [0.4, 0.5) is 11.5 Å². The summed E-state index contributed by atoms with van der Waals surface area (Å²) in [6.45, 7) is 4.07. The summed E-state index contributed by atoms with van der Waals surface area (Å²) >= 11 is 7.01. The number of hydrogen-bond acceptors (Lipinski definition) is 3. The van der Waals surface area contributed by atoms with Gasteiger partial charge in [0, 0.05) is 4.47 Å². The normalized spacial score (nSPS) is 12.2. The van der Waals surface area contributed by atoms with Gasteiger partial charge in [0.2, 0.25) is 0 Å². The van der Waals surface area contributed by atoms with Gasteiger partial charge in [-0.15, -0.1) is 0 Å². The van der Waals surface area contributed by atoms with Crippen LogP contribution in [0, 0.1) is 6.92 Å². The lowest BCUT2D eigenvalue weighted by Gasteiger charge is -2.17. The van der Waals surface area contributed by atoms with E-state index in [4.69, 9.17) is 5.73 Å². The Morgan fingerprint density at radius 3 is 2.74 bits per heavy atom. The zero-order valence-electron chi connectivity index (χ0n) is 10.7. The molecule has 5 heteroatoms. The second-order valence-electron chi connectivity index (χ2n) is 4.42. The van der Waals surface area contributed by atoms with Gasteiger partial charge in [0.05, 0.1) is 22.4 Å². The highest BCUT2D eigenvalue weighted by atomic mass is 79.9. The number of aromatic nitrogens is 1. The van der Waals surface area contributed by atoms with Crippen LogP contribution in [0.15, 0.2) is 39.4 Å². The highest BCUT2D eigenvalue weighted by Crippen LogP contribution is 2.30. The van der Waals surface area contributed by atoms with Gasteiger partial charge in [-0.3, -0.25) is 0 Å². The van der Waals surface area contributed by atoms with Gasteiger partial charge in [-0.05, 0) is 53.0 Å². The molecule has 1 aromatic carbocycles. The third-order valence-electron chi connectivity index (χ3n) is 3.00. The number of pyridine rings is 1. The van der Waals surface area contributed by atoms with E-state index in [1.165, 1.54) is 5.56 Å². The highest BCUT2D eigenvalue weighted by Gasteiger charge is 2.11. The number of nitrogens with one attached hydrogen (secondary N) is 1. The van der Waals surface area contributed by atoms with Crippen LogP contribution in [0.2, 0.25) is 0 Å². The largest absolute Gasteiger partial charge is 0.397 e. The average Bonchev–Trinajstić information content (AvgIpc) is 2.39. The Hall–Kier alpha value is -1.07. The van der Waals surface area contributed by atoms with Crippen molar-refractivity contribution in [2.75, 3.05) is 11.1 Å². The van der Waals surface area contributed by atoms with Gasteiger partial charge < -0.3 is 11.1 Å². The van der Waals surface area contributed by atoms with Gasteiger partial charge in [0.1, 0.15) is 5.82 Å². The Balaban J connectivity index is 2.24. The molecule has 0 spiro atoms. The number of rotatable bonds is 3. The van der Waals surface area contributed by atoms with E-state index in [2.05, 4.69) is 61.2 Å². The fourth-order valence-corrected chi connectivity index (χ4v) is 2.62. The van der Waals surface area contributed by atoms with Crippen molar-refractivity contribution in [2.24, 2.45) is 0 Å². The van der Waals surface area contributed by atoms with Crippen molar-refractivity contribution in [3.63, 3.8) is 0 Å². The Kier molecular flexibility index (Phi) is 4.47. The SMILES string of the molecule is Cc1c(N)cnc(NC(C)c2cccc(Br)c2)c1Br. The predicted octanol–water partition coefficient (Wildman–Crippen LogP) is 4.67. The fourth-order valence-electron chi connectivity index (χ4n) is 1.76. The van der Waals surface area contributed by atoms with E-state index >= 15 is 0 Å². The molecule has 1 unspecified atom stereocenters. The van der Waals surface area contributed by atoms with Crippen LogP contribution in [0.25, 0.3) is 0 Å². The zero-order chi connectivity index (χ0) is 14.0. The van der Waals surface area contributed by atoms with Crippen LogP contribution in [0.1, 0.15) is 24.1 Å². The number of anilines is 2. The minimum absolute atomic E-state index is 0.157. The molecule has 1 heterocycles. The molecule has 0 fully saturated rings. The van der Waals surface area contributed by atoms with Crippen LogP contribution in [-0.2, 0) is 0 Å². The minimum Gasteiger partial charge on any atom is -0.397 e. The Morgan fingerprint density at radius 2 is 2.05 bits per heavy atom. The molecule has 19 heavy (non-hydrogen) atoms. The van der Waals surface area contributed by atoms with Gasteiger partial charge in [-0.1, -0.05) is 28.1 Å². The monoisotopic (exact) mass is 383 g/mol. The summed E-state index contributed by atoms with van der Waals surface area (Å²) < 4.78 is 1.98. The molecule has 3 N–H and O–H groups in total. The average molecular weight is 385 g/mol.